The number of hydrogen-bond acceptors (Lipinski definition) is 6. The van der Waals surface area contributed by atoms with Crippen LogP contribution in [0.4, 0.5) is 4.79 Å². The molecule has 0 spiro atoms. The molecule has 0 bridgehead atoms. The van der Waals surface area contributed by atoms with Gasteiger partial charge in [-0.1, -0.05) is 0 Å². The Hall–Kier alpha value is -2.07. The summed E-state index contributed by atoms with van der Waals surface area (Å²) in [5.41, 5.74) is -0.442. The van der Waals surface area contributed by atoms with Gasteiger partial charge in [-0.3, -0.25) is 14.4 Å². The van der Waals surface area contributed by atoms with Crippen LogP contribution in [0.5, 0.6) is 0 Å². The Kier molecular flexibility index (Phi) is 6.53. The van der Waals surface area contributed by atoms with Crippen molar-refractivity contribution in [3.63, 3.8) is 0 Å². The van der Waals surface area contributed by atoms with E-state index >= 15 is 0 Å². The Morgan fingerprint density at radius 1 is 1.06 bits per heavy atom. The van der Waals surface area contributed by atoms with Crippen LogP contribution in [0.2, 0.25) is 0 Å². The van der Waals surface area contributed by atoms with Crippen LogP contribution in [0.25, 0.3) is 0 Å². The van der Waals surface area contributed by atoms with Crippen molar-refractivity contribution in [2.24, 2.45) is 0 Å². The van der Waals surface area contributed by atoms with Crippen LogP contribution < -0.4 is 5.46 Å². The van der Waals surface area contributed by atoms with E-state index in [9.17, 15) is 9.59 Å². The SMILES string of the molecule is CC(C)(C)OC(=O)N1CCCC1C(=O)N1CCC(n2cc(B3OC(C)(C)C(C)(C)O3)cn2)CC1. The predicted molar refractivity (Wildman–Crippen MR) is 129 cm³/mol. The molecule has 188 valence electrons. The lowest BCUT2D eigenvalue weighted by Gasteiger charge is -2.36. The van der Waals surface area contributed by atoms with Gasteiger partial charge in [0.1, 0.15) is 11.6 Å². The van der Waals surface area contributed by atoms with E-state index in [1.807, 2.05) is 70.4 Å². The highest BCUT2D eigenvalue weighted by Crippen LogP contribution is 2.36. The molecule has 3 saturated heterocycles. The fourth-order valence-electron chi connectivity index (χ4n) is 4.78. The number of carbonyl (C=O) groups is 2. The number of hydrogen-bond donors (Lipinski definition) is 0. The fraction of sp³-hybridized carbons (Fsp3) is 0.792. The summed E-state index contributed by atoms with van der Waals surface area (Å²) >= 11 is 0. The van der Waals surface area contributed by atoms with Crippen LogP contribution in [0.3, 0.4) is 0 Å². The molecule has 3 fully saturated rings. The molecule has 0 aromatic carbocycles. The number of nitrogens with zero attached hydrogens (tertiary/aromatic N) is 4. The summed E-state index contributed by atoms with van der Waals surface area (Å²) in [7, 11) is -0.429. The van der Waals surface area contributed by atoms with Gasteiger partial charge in [0.25, 0.3) is 0 Å². The number of ether oxygens (including phenoxy) is 1. The summed E-state index contributed by atoms with van der Waals surface area (Å²) in [6.45, 7) is 15.5. The fourth-order valence-corrected chi connectivity index (χ4v) is 4.78. The largest absolute Gasteiger partial charge is 0.498 e. The van der Waals surface area contributed by atoms with Gasteiger partial charge in [-0.15, -0.1) is 0 Å². The van der Waals surface area contributed by atoms with Gasteiger partial charge in [0.15, 0.2) is 0 Å². The number of amides is 2. The number of rotatable bonds is 3. The Labute approximate surface area is 203 Å². The summed E-state index contributed by atoms with van der Waals surface area (Å²) in [5, 5.41) is 4.58. The van der Waals surface area contributed by atoms with Crippen LogP contribution in [-0.4, -0.2) is 81.2 Å². The molecule has 1 aromatic heterocycles. The van der Waals surface area contributed by atoms with Crippen molar-refractivity contribution < 1.29 is 23.6 Å². The molecule has 3 aliphatic rings. The van der Waals surface area contributed by atoms with Gasteiger partial charge in [-0.2, -0.15) is 5.10 Å². The molecule has 0 aliphatic carbocycles. The lowest BCUT2D eigenvalue weighted by Crippen LogP contribution is -2.51. The summed E-state index contributed by atoms with van der Waals surface area (Å²) < 4.78 is 19.8. The third-order valence-corrected chi connectivity index (χ3v) is 7.46. The highest BCUT2D eigenvalue weighted by atomic mass is 16.7. The van der Waals surface area contributed by atoms with Crippen LogP contribution in [0, 0.1) is 0 Å². The predicted octanol–water partition coefficient (Wildman–Crippen LogP) is 2.75. The van der Waals surface area contributed by atoms with Crippen LogP contribution >= 0.6 is 0 Å². The van der Waals surface area contributed by atoms with Crippen molar-refractivity contribution in [3.05, 3.63) is 12.4 Å². The molecule has 1 aromatic rings. The van der Waals surface area contributed by atoms with E-state index < -0.39 is 24.9 Å². The van der Waals surface area contributed by atoms with Gasteiger partial charge < -0.3 is 18.9 Å². The van der Waals surface area contributed by atoms with E-state index in [2.05, 4.69) is 5.10 Å². The smallest absolute Gasteiger partial charge is 0.444 e. The summed E-state index contributed by atoms with van der Waals surface area (Å²) in [6, 6.07) is -0.211. The Morgan fingerprint density at radius 3 is 2.26 bits per heavy atom. The molecule has 3 aliphatic heterocycles. The van der Waals surface area contributed by atoms with Crippen molar-refractivity contribution in [1.82, 2.24) is 19.6 Å². The second kappa shape index (κ2) is 8.86. The van der Waals surface area contributed by atoms with Gasteiger partial charge in [0.05, 0.1) is 17.2 Å². The van der Waals surface area contributed by atoms with Gasteiger partial charge in [-0.25, -0.2) is 4.79 Å². The van der Waals surface area contributed by atoms with Gasteiger partial charge in [0, 0.05) is 37.5 Å². The zero-order valence-electron chi connectivity index (χ0n) is 21.7. The molecule has 1 atom stereocenters. The quantitative estimate of drug-likeness (QED) is 0.627. The first-order chi connectivity index (χ1) is 15.8. The van der Waals surface area contributed by atoms with E-state index in [1.54, 1.807) is 4.90 Å². The Balaban J connectivity index is 1.33. The van der Waals surface area contributed by atoms with Gasteiger partial charge in [-0.05, 0) is 74.1 Å². The Morgan fingerprint density at radius 2 is 1.68 bits per heavy atom. The molecule has 9 nitrogen and oxygen atoms in total. The summed E-state index contributed by atoms with van der Waals surface area (Å²) in [4.78, 5) is 29.3. The molecular weight excluding hydrogens is 435 g/mol. The molecule has 1 unspecified atom stereocenters. The minimum absolute atomic E-state index is 0.0279. The molecule has 4 rings (SSSR count). The number of carbonyl (C=O) groups excluding carboxylic acids is 2. The maximum Gasteiger partial charge on any atom is 0.498 e. The topological polar surface area (TPSA) is 86.1 Å². The van der Waals surface area contributed by atoms with E-state index in [1.165, 1.54) is 0 Å². The molecule has 4 heterocycles. The van der Waals surface area contributed by atoms with E-state index in [4.69, 9.17) is 14.0 Å². The number of piperidine rings is 1. The molecule has 0 N–H and O–H groups in total. The molecule has 10 heteroatoms. The lowest BCUT2D eigenvalue weighted by molar-refractivity contribution is -0.137. The van der Waals surface area contributed by atoms with Gasteiger partial charge in [0.2, 0.25) is 5.91 Å². The maximum atomic E-state index is 13.2. The third-order valence-electron chi connectivity index (χ3n) is 7.46. The summed E-state index contributed by atoms with van der Waals surface area (Å²) in [6.07, 6.45) is 6.56. The van der Waals surface area contributed by atoms with Crippen molar-refractivity contribution in [2.75, 3.05) is 19.6 Å². The highest BCUT2D eigenvalue weighted by Gasteiger charge is 2.52. The van der Waals surface area contributed by atoms with Gasteiger partial charge >= 0.3 is 13.2 Å². The maximum absolute atomic E-state index is 13.2. The second-order valence-electron chi connectivity index (χ2n) is 11.7. The van der Waals surface area contributed by atoms with Crippen LogP contribution in [0.1, 0.15) is 80.2 Å². The molecule has 2 amide bonds. The first kappa shape index (κ1) is 25.0. The standard InChI is InChI=1S/C24H39BN4O5/c1-22(2,3)32-21(31)28-12-8-9-19(28)20(30)27-13-10-18(11-14-27)29-16-17(15-26-29)25-33-23(4,5)24(6,7)34-25/h15-16,18-19H,8-14H2,1-7H3. The molecular formula is C24H39BN4O5. The second-order valence-corrected chi connectivity index (χ2v) is 11.7. The monoisotopic (exact) mass is 474 g/mol. The van der Waals surface area contributed by atoms with E-state index in [0.29, 0.717) is 26.1 Å². The van der Waals surface area contributed by atoms with Crippen molar-refractivity contribution in [1.29, 1.82) is 0 Å². The van der Waals surface area contributed by atoms with Crippen molar-refractivity contribution in [2.45, 2.75) is 103 Å². The molecule has 0 saturated carbocycles. The van der Waals surface area contributed by atoms with Crippen molar-refractivity contribution in [3.8, 4) is 0 Å². The average Bonchev–Trinajstić information content (AvgIpc) is 3.45. The van der Waals surface area contributed by atoms with Crippen LogP contribution in [0.15, 0.2) is 12.4 Å². The minimum Gasteiger partial charge on any atom is -0.444 e. The zero-order valence-corrected chi connectivity index (χ0v) is 21.7. The highest BCUT2D eigenvalue weighted by molar-refractivity contribution is 6.62. The van der Waals surface area contributed by atoms with E-state index in [-0.39, 0.29) is 23.2 Å². The number of likely N-dealkylation sites (tertiary alicyclic amines) is 2. The number of aromatic nitrogens is 2. The van der Waals surface area contributed by atoms with Crippen LogP contribution in [-0.2, 0) is 18.8 Å². The third kappa shape index (κ3) is 4.98. The zero-order chi connectivity index (χ0) is 24.9. The Bertz CT molecular complexity index is 901. The first-order valence-electron chi connectivity index (χ1n) is 12.5. The summed E-state index contributed by atoms with van der Waals surface area (Å²) in [5.74, 6) is 0.0279. The average molecular weight is 474 g/mol. The molecule has 34 heavy (non-hydrogen) atoms. The van der Waals surface area contributed by atoms with E-state index in [0.717, 1.165) is 24.7 Å². The van der Waals surface area contributed by atoms with Crippen molar-refractivity contribution >= 4 is 24.6 Å². The lowest BCUT2D eigenvalue weighted by atomic mass is 9.82. The minimum atomic E-state index is -0.575. The first-order valence-corrected chi connectivity index (χ1v) is 12.5. The molecule has 0 radical (unpaired) electrons. The normalized spacial score (nSPS) is 25.1.